The maximum absolute atomic E-state index is 13.2. The molecule has 1 aromatic heterocycles. The van der Waals surface area contributed by atoms with Crippen LogP contribution in [0.4, 0.5) is 0 Å². The Morgan fingerprint density at radius 3 is 2.48 bits per heavy atom. The average Bonchev–Trinajstić information content (AvgIpc) is 3.37. The normalized spacial score (nSPS) is 16.9. The maximum atomic E-state index is 13.2. The monoisotopic (exact) mass is 567 g/mol. The molecule has 0 fully saturated rings. The molecule has 0 aliphatic carbocycles. The standard InChI is InChI=1S/C30H37N3O6S/c1-18(2)25-11-22(21-7-6-20-8-9-38-16-23(20)10-21)12-26(19(3)4)27(25)13-28(34)32-40(35,36)29-14-30-33(31-29)15-24(37-5)17-39-30/h6-7,10-12,14,18-19,24H,8-9,13,15-17H2,1-5H3,(H,32,34). The molecule has 1 atom stereocenters. The molecule has 214 valence electrons. The molecule has 5 rings (SSSR count). The summed E-state index contributed by atoms with van der Waals surface area (Å²) in [5, 5.41) is 3.89. The van der Waals surface area contributed by atoms with Crippen LogP contribution in [0.1, 0.15) is 67.3 Å². The lowest BCUT2D eigenvalue weighted by Crippen LogP contribution is -2.33. The smallest absolute Gasteiger partial charge is 0.283 e. The Balaban J connectivity index is 1.42. The first kappa shape index (κ1) is 28.3. The largest absolute Gasteiger partial charge is 0.475 e. The number of fused-ring (bicyclic) bond motifs is 2. The third-order valence-electron chi connectivity index (χ3n) is 7.58. The van der Waals surface area contributed by atoms with E-state index >= 15 is 0 Å². The lowest BCUT2D eigenvalue weighted by molar-refractivity contribution is -0.118. The Bertz CT molecular complexity index is 1500. The lowest BCUT2D eigenvalue weighted by atomic mass is 9.83. The Kier molecular flexibility index (Phi) is 8.03. The van der Waals surface area contributed by atoms with Gasteiger partial charge in [0.2, 0.25) is 16.8 Å². The van der Waals surface area contributed by atoms with E-state index in [1.54, 1.807) is 7.11 Å². The minimum atomic E-state index is -4.19. The van der Waals surface area contributed by atoms with Gasteiger partial charge in [0.15, 0.2) is 0 Å². The van der Waals surface area contributed by atoms with Crippen LogP contribution in [0.5, 0.6) is 5.88 Å². The second kappa shape index (κ2) is 11.3. The fourth-order valence-corrected chi connectivity index (χ4v) is 6.33. The predicted molar refractivity (Wildman–Crippen MR) is 151 cm³/mol. The summed E-state index contributed by atoms with van der Waals surface area (Å²) in [6.07, 6.45) is 0.636. The number of aromatic nitrogens is 2. The first-order chi connectivity index (χ1) is 19.1. The number of hydrogen-bond acceptors (Lipinski definition) is 7. The molecule has 1 unspecified atom stereocenters. The van der Waals surface area contributed by atoms with Gasteiger partial charge in [0, 0.05) is 13.2 Å². The van der Waals surface area contributed by atoms with Gasteiger partial charge in [-0.25, -0.2) is 9.40 Å². The third kappa shape index (κ3) is 5.80. The molecule has 0 bridgehead atoms. The summed E-state index contributed by atoms with van der Waals surface area (Å²) in [5.41, 5.74) is 7.63. The number of rotatable bonds is 8. The Hall–Kier alpha value is -3.21. The van der Waals surface area contributed by atoms with E-state index in [1.165, 1.54) is 21.9 Å². The molecule has 0 saturated heterocycles. The molecular formula is C30H37N3O6S. The highest BCUT2D eigenvalue weighted by Crippen LogP contribution is 2.35. The quantitative estimate of drug-likeness (QED) is 0.432. The minimum absolute atomic E-state index is 0.0611. The van der Waals surface area contributed by atoms with Gasteiger partial charge < -0.3 is 14.2 Å². The second-order valence-electron chi connectivity index (χ2n) is 11.1. The van der Waals surface area contributed by atoms with Crippen LogP contribution >= 0.6 is 0 Å². The van der Waals surface area contributed by atoms with E-state index in [9.17, 15) is 13.2 Å². The number of amides is 1. The van der Waals surface area contributed by atoms with Gasteiger partial charge in [-0.15, -0.1) is 0 Å². The van der Waals surface area contributed by atoms with Crippen molar-refractivity contribution in [2.75, 3.05) is 20.3 Å². The van der Waals surface area contributed by atoms with Crippen LogP contribution in [0.25, 0.3) is 11.1 Å². The number of nitrogens with zero attached hydrogens (tertiary/aromatic N) is 2. The van der Waals surface area contributed by atoms with E-state index in [1.807, 2.05) is 0 Å². The van der Waals surface area contributed by atoms with Crippen LogP contribution in [0.3, 0.4) is 0 Å². The van der Waals surface area contributed by atoms with Crippen molar-refractivity contribution in [3.05, 3.63) is 64.2 Å². The summed E-state index contributed by atoms with van der Waals surface area (Å²) in [7, 11) is -2.63. The molecule has 3 aromatic rings. The summed E-state index contributed by atoms with van der Waals surface area (Å²) in [6, 6.07) is 12.1. The number of ether oxygens (including phenoxy) is 3. The van der Waals surface area contributed by atoms with Crippen molar-refractivity contribution in [2.24, 2.45) is 0 Å². The lowest BCUT2D eigenvalue weighted by Gasteiger charge is -2.23. The fourth-order valence-electron chi connectivity index (χ4n) is 5.39. The van der Waals surface area contributed by atoms with E-state index in [2.05, 4.69) is 67.8 Å². The molecule has 9 nitrogen and oxygen atoms in total. The van der Waals surface area contributed by atoms with Crippen molar-refractivity contribution >= 4 is 15.9 Å². The molecule has 2 aromatic carbocycles. The average molecular weight is 568 g/mol. The number of nitrogens with one attached hydrogen (secondary N) is 1. The van der Waals surface area contributed by atoms with Crippen molar-refractivity contribution in [1.82, 2.24) is 14.5 Å². The van der Waals surface area contributed by atoms with Gasteiger partial charge in [-0.05, 0) is 63.3 Å². The molecule has 2 aliphatic heterocycles. The number of sulfonamides is 1. The molecule has 0 radical (unpaired) electrons. The van der Waals surface area contributed by atoms with Gasteiger partial charge in [0.1, 0.15) is 12.7 Å². The summed E-state index contributed by atoms with van der Waals surface area (Å²) in [5.74, 6) is -0.0223. The van der Waals surface area contributed by atoms with Gasteiger partial charge in [-0.2, -0.15) is 13.5 Å². The van der Waals surface area contributed by atoms with Crippen LogP contribution in [0, 0.1) is 0 Å². The molecule has 10 heteroatoms. The van der Waals surface area contributed by atoms with E-state index < -0.39 is 15.9 Å². The van der Waals surface area contributed by atoms with Crippen LogP contribution in [0.15, 0.2) is 41.4 Å². The van der Waals surface area contributed by atoms with Crippen molar-refractivity contribution in [3.63, 3.8) is 0 Å². The number of benzene rings is 2. The van der Waals surface area contributed by atoms with Crippen LogP contribution in [-0.4, -0.2) is 50.5 Å². The molecule has 0 saturated carbocycles. The Labute approximate surface area is 235 Å². The van der Waals surface area contributed by atoms with E-state index in [0.29, 0.717) is 25.6 Å². The molecule has 40 heavy (non-hydrogen) atoms. The second-order valence-corrected chi connectivity index (χ2v) is 12.7. The highest BCUT2D eigenvalue weighted by atomic mass is 32.2. The molecular weight excluding hydrogens is 530 g/mol. The highest BCUT2D eigenvalue weighted by Gasteiger charge is 2.28. The summed E-state index contributed by atoms with van der Waals surface area (Å²) >= 11 is 0. The third-order valence-corrected chi connectivity index (χ3v) is 8.83. The molecule has 3 heterocycles. The number of hydrogen-bond donors (Lipinski definition) is 1. The zero-order valence-electron chi connectivity index (χ0n) is 23.7. The Morgan fingerprint density at radius 2 is 1.80 bits per heavy atom. The van der Waals surface area contributed by atoms with E-state index in [0.717, 1.165) is 40.8 Å². The first-order valence-corrected chi connectivity index (χ1v) is 15.2. The number of methoxy groups -OCH3 is 1. The predicted octanol–water partition coefficient (Wildman–Crippen LogP) is 4.32. The molecule has 1 amide bonds. The summed E-state index contributed by atoms with van der Waals surface area (Å²) < 4.78 is 46.4. The van der Waals surface area contributed by atoms with Crippen molar-refractivity contribution in [2.45, 2.75) is 76.7 Å². The summed E-state index contributed by atoms with van der Waals surface area (Å²) in [4.78, 5) is 13.2. The van der Waals surface area contributed by atoms with Crippen molar-refractivity contribution in [3.8, 4) is 17.0 Å². The zero-order chi connectivity index (χ0) is 28.6. The van der Waals surface area contributed by atoms with Crippen LogP contribution < -0.4 is 9.46 Å². The van der Waals surface area contributed by atoms with E-state index in [4.69, 9.17) is 14.2 Å². The minimum Gasteiger partial charge on any atom is -0.475 e. The van der Waals surface area contributed by atoms with Crippen molar-refractivity contribution < 1.29 is 27.4 Å². The van der Waals surface area contributed by atoms with Gasteiger partial charge in [0.25, 0.3) is 10.0 Å². The van der Waals surface area contributed by atoms with Gasteiger partial charge in [0.05, 0.1) is 26.2 Å². The SMILES string of the molecule is COC1COc2cc(S(=O)(=O)NC(=O)Cc3c(C(C)C)cc(-c4ccc5c(c4)COCC5)cc3C(C)C)nn2C1. The molecule has 1 N–H and O–H groups in total. The summed E-state index contributed by atoms with van der Waals surface area (Å²) in [6.45, 7) is 10.4. The topological polar surface area (TPSA) is 109 Å². The number of carbonyl (C=O) groups excluding carboxylic acids is 1. The van der Waals surface area contributed by atoms with Gasteiger partial charge >= 0.3 is 0 Å². The Morgan fingerprint density at radius 1 is 1.07 bits per heavy atom. The van der Waals surface area contributed by atoms with E-state index in [-0.39, 0.29) is 29.4 Å². The van der Waals surface area contributed by atoms with Crippen molar-refractivity contribution in [1.29, 1.82) is 0 Å². The fraction of sp³-hybridized carbons (Fsp3) is 0.467. The zero-order valence-corrected chi connectivity index (χ0v) is 24.5. The molecule has 0 spiro atoms. The first-order valence-electron chi connectivity index (χ1n) is 13.7. The molecule has 2 aliphatic rings. The highest BCUT2D eigenvalue weighted by molar-refractivity contribution is 7.90. The van der Waals surface area contributed by atoms with Gasteiger partial charge in [-0.1, -0.05) is 52.0 Å². The maximum Gasteiger partial charge on any atom is 0.283 e. The van der Waals surface area contributed by atoms with Gasteiger partial charge in [-0.3, -0.25) is 4.79 Å². The van der Waals surface area contributed by atoms with Crippen LogP contribution in [0.2, 0.25) is 0 Å². The van der Waals surface area contributed by atoms with Crippen LogP contribution in [-0.2, 0) is 50.3 Å². The number of carbonyl (C=O) groups is 1.